The summed E-state index contributed by atoms with van der Waals surface area (Å²) in [6.45, 7) is 6.01. The minimum atomic E-state index is -0.287. The lowest BCUT2D eigenvalue weighted by atomic mass is 10.3. The van der Waals surface area contributed by atoms with Crippen LogP contribution in [0, 0.1) is 12.7 Å². The molecular weight excluding hydrogens is 301 g/mol. The molecule has 7 heteroatoms. The zero-order chi connectivity index (χ0) is 15.9. The molecule has 0 atom stereocenters. The second-order valence-corrected chi connectivity index (χ2v) is 4.88. The van der Waals surface area contributed by atoms with E-state index in [4.69, 9.17) is 12.2 Å². The summed E-state index contributed by atoms with van der Waals surface area (Å²) >= 11 is 5.12. The summed E-state index contributed by atoms with van der Waals surface area (Å²) in [6.07, 6.45) is 1.70. The van der Waals surface area contributed by atoms with E-state index in [0.29, 0.717) is 23.4 Å². The van der Waals surface area contributed by atoms with E-state index in [1.54, 1.807) is 24.3 Å². The van der Waals surface area contributed by atoms with E-state index in [2.05, 4.69) is 32.5 Å². The van der Waals surface area contributed by atoms with Gasteiger partial charge >= 0.3 is 0 Å². The van der Waals surface area contributed by atoms with Crippen molar-refractivity contribution in [2.45, 2.75) is 6.92 Å². The molecule has 0 unspecified atom stereocenters. The Labute approximate surface area is 133 Å². The lowest BCUT2D eigenvalue weighted by Crippen LogP contribution is -2.29. The number of benzene rings is 1. The number of nitrogens with zero attached hydrogens (tertiary/aromatic N) is 2. The highest BCUT2D eigenvalue weighted by atomic mass is 32.1. The summed E-state index contributed by atoms with van der Waals surface area (Å²) in [5.41, 5.74) is 1.51. The van der Waals surface area contributed by atoms with Crippen molar-refractivity contribution in [3.05, 3.63) is 54.5 Å². The first-order valence-electron chi connectivity index (χ1n) is 6.61. The van der Waals surface area contributed by atoms with Crippen LogP contribution < -0.4 is 16.0 Å². The Bertz CT molecular complexity index is 672. The van der Waals surface area contributed by atoms with Gasteiger partial charge in [0, 0.05) is 24.0 Å². The standard InChI is InChI=1S/C15H16FN5S/c1-3-8-17-15(22)21-14-18-10(2)9-13(20-14)19-12-6-4-11(16)5-7-12/h3-7,9H,1,8H2,2H3,(H3,17,18,19,20,21,22). The molecule has 114 valence electrons. The molecule has 0 radical (unpaired) electrons. The summed E-state index contributed by atoms with van der Waals surface area (Å²) in [4.78, 5) is 8.58. The van der Waals surface area contributed by atoms with E-state index < -0.39 is 0 Å². The lowest BCUT2D eigenvalue weighted by molar-refractivity contribution is 0.628. The Kier molecular flexibility index (Phi) is 5.37. The maximum absolute atomic E-state index is 12.9. The average Bonchev–Trinajstić information content (AvgIpc) is 2.47. The second kappa shape index (κ2) is 7.46. The molecule has 5 nitrogen and oxygen atoms in total. The van der Waals surface area contributed by atoms with Crippen LogP contribution in [0.5, 0.6) is 0 Å². The van der Waals surface area contributed by atoms with E-state index in [0.717, 1.165) is 11.4 Å². The number of thiocarbonyl (C=S) groups is 1. The van der Waals surface area contributed by atoms with Gasteiger partial charge in [0.1, 0.15) is 11.6 Å². The fourth-order valence-electron chi connectivity index (χ4n) is 1.68. The largest absolute Gasteiger partial charge is 0.359 e. The van der Waals surface area contributed by atoms with Gasteiger partial charge in [-0.15, -0.1) is 6.58 Å². The molecule has 1 heterocycles. The molecule has 0 saturated carbocycles. The van der Waals surface area contributed by atoms with E-state index in [9.17, 15) is 4.39 Å². The number of halogens is 1. The van der Waals surface area contributed by atoms with Crippen LogP contribution in [0.2, 0.25) is 0 Å². The van der Waals surface area contributed by atoms with Gasteiger partial charge in [-0.05, 0) is 43.4 Å². The highest BCUT2D eigenvalue weighted by molar-refractivity contribution is 7.80. The fourth-order valence-corrected chi connectivity index (χ4v) is 1.85. The normalized spacial score (nSPS) is 9.91. The molecule has 0 aliphatic heterocycles. The van der Waals surface area contributed by atoms with Crippen molar-refractivity contribution in [3.8, 4) is 0 Å². The fraction of sp³-hybridized carbons (Fsp3) is 0.133. The molecule has 1 aromatic heterocycles. The van der Waals surface area contributed by atoms with Crippen LogP contribution in [-0.4, -0.2) is 21.6 Å². The van der Waals surface area contributed by atoms with Gasteiger partial charge in [0.15, 0.2) is 5.11 Å². The van der Waals surface area contributed by atoms with Crippen LogP contribution >= 0.6 is 12.2 Å². The van der Waals surface area contributed by atoms with Crippen molar-refractivity contribution in [2.24, 2.45) is 0 Å². The molecule has 0 spiro atoms. The summed E-state index contributed by atoms with van der Waals surface area (Å²) in [5, 5.41) is 9.35. The van der Waals surface area contributed by atoms with E-state index in [1.807, 2.05) is 6.92 Å². The van der Waals surface area contributed by atoms with Crippen LogP contribution in [-0.2, 0) is 0 Å². The summed E-state index contributed by atoms with van der Waals surface area (Å²) < 4.78 is 12.9. The molecule has 2 aromatic rings. The molecule has 0 saturated heterocycles. The van der Waals surface area contributed by atoms with Crippen molar-refractivity contribution in [1.82, 2.24) is 15.3 Å². The van der Waals surface area contributed by atoms with Gasteiger partial charge in [0.25, 0.3) is 0 Å². The minimum Gasteiger partial charge on any atom is -0.359 e. The van der Waals surface area contributed by atoms with Crippen molar-refractivity contribution in [2.75, 3.05) is 17.2 Å². The maximum atomic E-state index is 12.9. The monoisotopic (exact) mass is 317 g/mol. The summed E-state index contributed by atoms with van der Waals surface area (Å²) in [7, 11) is 0. The number of aromatic nitrogens is 2. The molecule has 1 aromatic carbocycles. The Morgan fingerprint density at radius 3 is 2.73 bits per heavy atom. The highest BCUT2D eigenvalue weighted by Gasteiger charge is 2.04. The third-order valence-corrected chi connectivity index (χ3v) is 2.85. The van der Waals surface area contributed by atoms with E-state index >= 15 is 0 Å². The molecule has 0 amide bonds. The predicted molar refractivity (Wildman–Crippen MR) is 90.9 cm³/mol. The highest BCUT2D eigenvalue weighted by Crippen LogP contribution is 2.17. The molecule has 0 aliphatic rings. The maximum Gasteiger partial charge on any atom is 0.231 e. The third-order valence-electron chi connectivity index (χ3n) is 2.60. The van der Waals surface area contributed by atoms with E-state index in [-0.39, 0.29) is 5.82 Å². The molecular formula is C15H16FN5S. The summed E-state index contributed by atoms with van der Waals surface area (Å²) in [6, 6.07) is 7.81. The first-order valence-corrected chi connectivity index (χ1v) is 7.01. The van der Waals surface area contributed by atoms with Crippen LogP contribution in [0.15, 0.2) is 43.0 Å². The number of hydrogen-bond acceptors (Lipinski definition) is 4. The number of anilines is 3. The number of aryl methyl sites for hydroxylation is 1. The molecule has 3 N–H and O–H groups in total. The van der Waals surface area contributed by atoms with Crippen molar-refractivity contribution < 1.29 is 4.39 Å². The van der Waals surface area contributed by atoms with Gasteiger partial charge < -0.3 is 16.0 Å². The third kappa shape index (κ3) is 4.78. The number of rotatable bonds is 5. The second-order valence-electron chi connectivity index (χ2n) is 4.47. The van der Waals surface area contributed by atoms with Crippen LogP contribution in [0.1, 0.15) is 5.69 Å². The first-order chi connectivity index (χ1) is 10.6. The zero-order valence-corrected chi connectivity index (χ0v) is 12.9. The molecule has 0 bridgehead atoms. The Balaban J connectivity index is 2.10. The van der Waals surface area contributed by atoms with Crippen LogP contribution in [0.3, 0.4) is 0 Å². The molecule has 2 rings (SSSR count). The quantitative estimate of drug-likeness (QED) is 0.582. The Morgan fingerprint density at radius 2 is 2.05 bits per heavy atom. The van der Waals surface area contributed by atoms with Gasteiger partial charge in [-0.25, -0.2) is 9.37 Å². The smallest absolute Gasteiger partial charge is 0.231 e. The Hall–Kier alpha value is -2.54. The van der Waals surface area contributed by atoms with Gasteiger partial charge in [-0.2, -0.15) is 4.98 Å². The zero-order valence-electron chi connectivity index (χ0n) is 12.1. The van der Waals surface area contributed by atoms with Crippen molar-refractivity contribution in [3.63, 3.8) is 0 Å². The Morgan fingerprint density at radius 1 is 1.32 bits per heavy atom. The van der Waals surface area contributed by atoms with Crippen molar-refractivity contribution >= 4 is 34.8 Å². The minimum absolute atomic E-state index is 0.287. The van der Waals surface area contributed by atoms with Gasteiger partial charge in [-0.3, -0.25) is 0 Å². The number of nitrogens with one attached hydrogen (secondary N) is 3. The van der Waals surface area contributed by atoms with Gasteiger partial charge in [-0.1, -0.05) is 6.08 Å². The molecule has 22 heavy (non-hydrogen) atoms. The van der Waals surface area contributed by atoms with Crippen LogP contribution in [0.4, 0.5) is 21.8 Å². The van der Waals surface area contributed by atoms with Gasteiger partial charge in [0.2, 0.25) is 5.95 Å². The average molecular weight is 317 g/mol. The van der Waals surface area contributed by atoms with Gasteiger partial charge in [0.05, 0.1) is 0 Å². The number of hydrogen-bond donors (Lipinski definition) is 3. The predicted octanol–water partition coefficient (Wildman–Crippen LogP) is 3.14. The van der Waals surface area contributed by atoms with Crippen molar-refractivity contribution in [1.29, 1.82) is 0 Å². The van der Waals surface area contributed by atoms with Crippen LogP contribution in [0.25, 0.3) is 0 Å². The molecule has 0 fully saturated rings. The molecule has 0 aliphatic carbocycles. The SMILES string of the molecule is C=CCNC(=S)Nc1nc(C)cc(Nc2ccc(F)cc2)n1. The van der Waals surface area contributed by atoms with E-state index in [1.165, 1.54) is 12.1 Å². The first kappa shape index (κ1) is 15.8. The summed E-state index contributed by atoms with van der Waals surface area (Å²) in [5.74, 6) is 0.685. The lowest BCUT2D eigenvalue weighted by Gasteiger charge is -2.11. The topological polar surface area (TPSA) is 61.9 Å².